The smallest absolute Gasteiger partial charge is 0.310 e. The minimum absolute atomic E-state index is 0.0526. The molecule has 0 bridgehead atoms. The Labute approximate surface area is 210 Å². The molecule has 0 radical (unpaired) electrons. The number of aliphatic hydroxyl groups excluding tert-OH is 2. The monoisotopic (exact) mass is 486 g/mol. The van der Waals surface area contributed by atoms with Gasteiger partial charge in [-0.25, -0.2) is 0 Å². The number of carbonyl (C=O) groups excluding carboxylic acids is 1. The van der Waals surface area contributed by atoms with Gasteiger partial charge in [0.15, 0.2) is 0 Å². The third kappa shape index (κ3) is 2.94. The molecular formula is C30H46O5. The quantitative estimate of drug-likeness (QED) is 0.455. The molecule has 4 saturated carbocycles. The summed E-state index contributed by atoms with van der Waals surface area (Å²) in [7, 11) is 0. The highest BCUT2D eigenvalue weighted by atomic mass is 16.4. The van der Waals surface area contributed by atoms with Gasteiger partial charge in [0.1, 0.15) is 5.78 Å². The lowest BCUT2D eigenvalue weighted by atomic mass is 9.33. The lowest BCUT2D eigenvalue weighted by Crippen LogP contribution is -2.68. The van der Waals surface area contributed by atoms with Crippen LogP contribution < -0.4 is 0 Å². The van der Waals surface area contributed by atoms with E-state index in [9.17, 15) is 24.9 Å². The highest BCUT2D eigenvalue weighted by Gasteiger charge is 2.71. The zero-order valence-electron chi connectivity index (χ0n) is 22.6. The van der Waals surface area contributed by atoms with E-state index in [0.717, 1.165) is 44.9 Å². The van der Waals surface area contributed by atoms with Crippen molar-refractivity contribution >= 4 is 11.8 Å². The SMILES string of the molecule is CC1(C)CC[C@]2(C(=O)O)CC[C@]3(C)C(=CC[C@H]4[C@@]5(C)C(=O)C[C@H](O)[C@@](C)(CO)[C@H]5CC[C@]43C)[C@@H]2C1. The van der Waals surface area contributed by atoms with E-state index in [4.69, 9.17) is 0 Å². The molecule has 0 saturated heterocycles. The zero-order chi connectivity index (χ0) is 25.8. The topological polar surface area (TPSA) is 94.8 Å². The Morgan fingerprint density at radius 1 is 1.00 bits per heavy atom. The molecule has 4 fully saturated rings. The van der Waals surface area contributed by atoms with E-state index in [0.29, 0.717) is 6.42 Å². The van der Waals surface area contributed by atoms with Crippen LogP contribution in [0.2, 0.25) is 0 Å². The number of ketones is 1. The van der Waals surface area contributed by atoms with Gasteiger partial charge in [-0.05, 0) is 85.4 Å². The van der Waals surface area contributed by atoms with Gasteiger partial charge >= 0.3 is 5.97 Å². The Balaban J connectivity index is 1.63. The van der Waals surface area contributed by atoms with Gasteiger partial charge in [0, 0.05) is 17.3 Å². The first-order valence-electron chi connectivity index (χ1n) is 13.9. The van der Waals surface area contributed by atoms with Crippen LogP contribution in [0.4, 0.5) is 0 Å². The van der Waals surface area contributed by atoms with E-state index in [1.54, 1.807) is 0 Å². The molecule has 0 spiro atoms. The summed E-state index contributed by atoms with van der Waals surface area (Å²) < 4.78 is 0. The van der Waals surface area contributed by atoms with Gasteiger partial charge in [0.2, 0.25) is 0 Å². The third-order valence-electron chi connectivity index (χ3n) is 13.1. The number of hydrogen-bond acceptors (Lipinski definition) is 4. The van der Waals surface area contributed by atoms with Crippen LogP contribution >= 0.6 is 0 Å². The van der Waals surface area contributed by atoms with Gasteiger partial charge in [0.25, 0.3) is 0 Å². The van der Waals surface area contributed by atoms with E-state index in [-0.39, 0.29) is 52.8 Å². The number of aliphatic carboxylic acids is 1. The molecule has 0 amide bonds. The zero-order valence-corrected chi connectivity index (χ0v) is 22.6. The summed E-state index contributed by atoms with van der Waals surface area (Å²) in [5.41, 5.74) is -0.716. The van der Waals surface area contributed by atoms with Gasteiger partial charge in [-0.2, -0.15) is 0 Å². The van der Waals surface area contributed by atoms with Crippen LogP contribution in [-0.4, -0.2) is 39.8 Å². The summed E-state index contributed by atoms with van der Waals surface area (Å²) >= 11 is 0. The molecule has 35 heavy (non-hydrogen) atoms. The number of rotatable bonds is 2. The molecule has 5 nitrogen and oxygen atoms in total. The summed E-state index contributed by atoms with van der Waals surface area (Å²) in [5, 5.41) is 31.7. The first-order valence-corrected chi connectivity index (χ1v) is 13.9. The van der Waals surface area contributed by atoms with Gasteiger partial charge in [-0.3, -0.25) is 9.59 Å². The molecule has 3 N–H and O–H groups in total. The number of fused-ring (bicyclic) bond motifs is 7. The number of aliphatic hydroxyl groups is 2. The number of hydrogen-bond donors (Lipinski definition) is 3. The second kappa shape index (κ2) is 7.43. The minimum Gasteiger partial charge on any atom is -0.481 e. The molecule has 0 heterocycles. The third-order valence-corrected chi connectivity index (χ3v) is 13.1. The first kappa shape index (κ1) is 25.4. The van der Waals surface area contributed by atoms with Crippen molar-refractivity contribution in [2.45, 2.75) is 105 Å². The van der Waals surface area contributed by atoms with Gasteiger partial charge in [-0.1, -0.05) is 53.2 Å². The van der Waals surface area contributed by atoms with Crippen molar-refractivity contribution in [1.82, 2.24) is 0 Å². The average Bonchev–Trinajstić information content (AvgIpc) is 2.77. The maximum Gasteiger partial charge on any atom is 0.310 e. The second-order valence-corrected chi connectivity index (χ2v) is 14.8. The van der Waals surface area contributed by atoms with Crippen molar-refractivity contribution in [2.75, 3.05) is 6.61 Å². The number of carboxylic acids is 1. The summed E-state index contributed by atoms with van der Waals surface area (Å²) in [5.74, 6) is -0.353. The fourth-order valence-corrected chi connectivity index (χ4v) is 10.4. The highest BCUT2D eigenvalue weighted by molar-refractivity contribution is 5.87. The van der Waals surface area contributed by atoms with Crippen molar-refractivity contribution in [3.63, 3.8) is 0 Å². The van der Waals surface area contributed by atoms with Crippen LogP contribution in [0.5, 0.6) is 0 Å². The first-order chi connectivity index (χ1) is 16.1. The molecule has 0 aromatic rings. The Bertz CT molecular complexity index is 983. The van der Waals surface area contributed by atoms with Crippen molar-refractivity contribution in [3.05, 3.63) is 11.6 Å². The van der Waals surface area contributed by atoms with Crippen molar-refractivity contribution in [1.29, 1.82) is 0 Å². The molecule has 5 rings (SSSR count). The summed E-state index contributed by atoms with van der Waals surface area (Å²) in [6.07, 6.45) is 8.38. The lowest BCUT2D eigenvalue weighted by Gasteiger charge is -2.70. The normalized spacial score (nSPS) is 52.9. The molecule has 0 aromatic heterocycles. The molecule has 5 heteroatoms. The largest absolute Gasteiger partial charge is 0.481 e. The van der Waals surface area contributed by atoms with Gasteiger partial charge in [-0.15, -0.1) is 0 Å². The number of Topliss-reactive ketones (excluding diaryl/α,β-unsaturated/α-hetero) is 1. The van der Waals surface area contributed by atoms with E-state index in [1.165, 1.54) is 5.57 Å². The predicted molar refractivity (Wildman–Crippen MR) is 134 cm³/mol. The molecule has 0 aromatic carbocycles. The molecular weight excluding hydrogens is 440 g/mol. The van der Waals surface area contributed by atoms with Crippen molar-refractivity contribution < 1.29 is 24.9 Å². The van der Waals surface area contributed by atoms with Crippen LogP contribution in [0, 0.1) is 50.2 Å². The minimum atomic E-state index is -0.803. The summed E-state index contributed by atoms with van der Waals surface area (Å²) in [6.45, 7) is 13.3. The van der Waals surface area contributed by atoms with E-state index < -0.39 is 28.3 Å². The molecule has 5 aliphatic carbocycles. The van der Waals surface area contributed by atoms with Crippen LogP contribution in [0.15, 0.2) is 11.6 Å². The van der Waals surface area contributed by atoms with Crippen molar-refractivity contribution in [3.8, 4) is 0 Å². The number of carboxylic acid groups (broad SMARTS) is 1. The Morgan fingerprint density at radius 2 is 1.66 bits per heavy atom. The number of allylic oxidation sites excluding steroid dienone is 2. The molecule has 5 aliphatic rings. The molecule has 0 unspecified atom stereocenters. The van der Waals surface area contributed by atoms with E-state index in [1.807, 2.05) is 6.92 Å². The fourth-order valence-electron chi connectivity index (χ4n) is 10.4. The lowest BCUT2D eigenvalue weighted by molar-refractivity contribution is -0.211. The van der Waals surface area contributed by atoms with Crippen LogP contribution in [0.1, 0.15) is 99.3 Å². The van der Waals surface area contributed by atoms with Crippen LogP contribution in [0.25, 0.3) is 0 Å². The maximum atomic E-state index is 13.7. The fraction of sp³-hybridized carbons (Fsp3) is 0.867. The maximum absolute atomic E-state index is 13.7. The number of carbonyl (C=O) groups is 2. The standard InChI is InChI=1S/C30H46O5/c1-25(2)11-13-30(24(34)35)14-12-27(4)18(19(30)16-25)7-8-21-28(27,5)10-9-20-26(3,17-31)22(32)15-23(33)29(20,21)6/h7,19-22,31-32H,8-17H2,1-6H3,(H,34,35)/t19-,20+,21+,22-,26-,27+,28+,29-,30-/m0/s1. The second-order valence-electron chi connectivity index (χ2n) is 14.8. The Hall–Kier alpha value is -1.20. The Morgan fingerprint density at radius 3 is 2.29 bits per heavy atom. The average molecular weight is 487 g/mol. The highest BCUT2D eigenvalue weighted by Crippen LogP contribution is 2.75. The van der Waals surface area contributed by atoms with Gasteiger partial charge in [0.05, 0.1) is 18.1 Å². The molecule has 9 atom stereocenters. The van der Waals surface area contributed by atoms with E-state index >= 15 is 0 Å². The van der Waals surface area contributed by atoms with E-state index in [2.05, 4.69) is 40.7 Å². The summed E-state index contributed by atoms with van der Waals surface area (Å²) in [4.78, 5) is 26.5. The predicted octanol–water partition coefficient (Wildman–Crippen LogP) is 5.39. The van der Waals surface area contributed by atoms with Crippen LogP contribution in [-0.2, 0) is 9.59 Å². The molecule has 196 valence electrons. The van der Waals surface area contributed by atoms with Crippen molar-refractivity contribution in [2.24, 2.45) is 50.2 Å². The molecule has 0 aliphatic heterocycles. The van der Waals surface area contributed by atoms with Crippen LogP contribution in [0.3, 0.4) is 0 Å². The van der Waals surface area contributed by atoms with Gasteiger partial charge < -0.3 is 15.3 Å². The Kier molecular flexibility index (Phi) is 5.40. The summed E-state index contributed by atoms with van der Waals surface area (Å²) in [6, 6.07) is 0.